The lowest BCUT2D eigenvalue weighted by molar-refractivity contribution is -0.123. The summed E-state index contributed by atoms with van der Waals surface area (Å²) in [6.45, 7) is 1.05. The fourth-order valence-corrected chi connectivity index (χ4v) is 3.55. The molecule has 2 N–H and O–H groups in total. The summed E-state index contributed by atoms with van der Waals surface area (Å²) in [5.41, 5.74) is 8.95. The third-order valence-electron chi connectivity index (χ3n) is 4.96. The molecule has 3 heterocycles. The van der Waals surface area contributed by atoms with Crippen molar-refractivity contribution in [2.75, 3.05) is 13.1 Å². The van der Waals surface area contributed by atoms with Gasteiger partial charge < -0.3 is 10.6 Å². The lowest BCUT2D eigenvalue weighted by atomic mass is 9.96. The SMILES string of the molecule is NC(=O)[C@H]1CCCN(C(=O)c2cccc(-c3cnn4ccccc34)c2)C1. The van der Waals surface area contributed by atoms with Crippen LogP contribution in [0.1, 0.15) is 23.2 Å². The summed E-state index contributed by atoms with van der Waals surface area (Å²) in [5.74, 6) is -0.646. The van der Waals surface area contributed by atoms with Crippen molar-refractivity contribution in [2.45, 2.75) is 12.8 Å². The minimum absolute atomic E-state index is 0.0609. The molecule has 0 bridgehead atoms. The monoisotopic (exact) mass is 348 g/mol. The van der Waals surface area contributed by atoms with Gasteiger partial charge >= 0.3 is 0 Å². The van der Waals surface area contributed by atoms with Crippen LogP contribution in [0.3, 0.4) is 0 Å². The third-order valence-corrected chi connectivity index (χ3v) is 4.96. The highest BCUT2D eigenvalue weighted by Gasteiger charge is 2.27. The van der Waals surface area contributed by atoms with Gasteiger partial charge in [-0.05, 0) is 42.7 Å². The molecular weight excluding hydrogens is 328 g/mol. The number of pyridine rings is 1. The van der Waals surface area contributed by atoms with E-state index in [0.717, 1.165) is 29.5 Å². The largest absolute Gasteiger partial charge is 0.369 e. The Morgan fingerprint density at radius 2 is 2.04 bits per heavy atom. The van der Waals surface area contributed by atoms with Crippen molar-refractivity contribution in [3.63, 3.8) is 0 Å². The second-order valence-electron chi connectivity index (χ2n) is 6.66. The average molecular weight is 348 g/mol. The Labute approximate surface area is 151 Å². The number of likely N-dealkylation sites (tertiary alicyclic amines) is 1. The van der Waals surface area contributed by atoms with Gasteiger partial charge in [-0.15, -0.1) is 0 Å². The van der Waals surface area contributed by atoms with E-state index in [1.807, 2.05) is 59.4 Å². The Hall–Kier alpha value is -3.15. The van der Waals surface area contributed by atoms with Gasteiger partial charge in [0.1, 0.15) is 0 Å². The average Bonchev–Trinajstić information content (AvgIpc) is 3.12. The van der Waals surface area contributed by atoms with Crippen LogP contribution in [0.15, 0.2) is 54.9 Å². The maximum absolute atomic E-state index is 12.9. The maximum atomic E-state index is 12.9. The van der Waals surface area contributed by atoms with Crippen molar-refractivity contribution in [2.24, 2.45) is 11.7 Å². The molecule has 1 atom stereocenters. The minimum atomic E-state index is -0.331. The number of piperidine rings is 1. The van der Waals surface area contributed by atoms with Crippen LogP contribution in [0.4, 0.5) is 0 Å². The van der Waals surface area contributed by atoms with Crippen molar-refractivity contribution in [1.82, 2.24) is 14.5 Å². The molecule has 0 radical (unpaired) electrons. The van der Waals surface area contributed by atoms with E-state index in [4.69, 9.17) is 5.73 Å². The van der Waals surface area contributed by atoms with E-state index in [1.165, 1.54) is 0 Å². The van der Waals surface area contributed by atoms with E-state index >= 15 is 0 Å². The van der Waals surface area contributed by atoms with E-state index in [0.29, 0.717) is 18.7 Å². The van der Waals surface area contributed by atoms with Crippen LogP contribution in [0.25, 0.3) is 16.6 Å². The molecule has 0 spiro atoms. The van der Waals surface area contributed by atoms with Crippen LogP contribution in [0.5, 0.6) is 0 Å². The van der Waals surface area contributed by atoms with Crippen molar-refractivity contribution in [1.29, 1.82) is 0 Å². The number of carbonyl (C=O) groups is 2. The molecule has 0 saturated carbocycles. The molecule has 0 aliphatic carbocycles. The van der Waals surface area contributed by atoms with E-state index in [9.17, 15) is 9.59 Å². The topological polar surface area (TPSA) is 80.7 Å². The van der Waals surface area contributed by atoms with Gasteiger partial charge in [-0.1, -0.05) is 18.2 Å². The summed E-state index contributed by atoms with van der Waals surface area (Å²) >= 11 is 0. The fraction of sp³-hybridized carbons (Fsp3) is 0.250. The number of rotatable bonds is 3. The minimum Gasteiger partial charge on any atom is -0.369 e. The summed E-state index contributed by atoms with van der Waals surface area (Å²) in [5, 5.41) is 4.36. The first-order chi connectivity index (χ1) is 12.6. The summed E-state index contributed by atoms with van der Waals surface area (Å²) in [6.07, 6.45) is 5.25. The number of aromatic nitrogens is 2. The van der Waals surface area contributed by atoms with Crippen LogP contribution in [-0.2, 0) is 4.79 Å². The number of nitrogens with zero attached hydrogens (tertiary/aromatic N) is 3. The molecule has 132 valence electrons. The molecule has 2 amide bonds. The van der Waals surface area contributed by atoms with Crippen molar-refractivity contribution >= 4 is 17.3 Å². The number of primary amides is 1. The first-order valence-electron chi connectivity index (χ1n) is 8.75. The maximum Gasteiger partial charge on any atom is 0.253 e. The Morgan fingerprint density at radius 3 is 2.88 bits per heavy atom. The summed E-state index contributed by atoms with van der Waals surface area (Å²) in [6, 6.07) is 13.4. The van der Waals surface area contributed by atoms with Crippen molar-refractivity contribution in [3.8, 4) is 11.1 Å². The van der Waals surface area contributed by atoms with Crippen LogP contribution in [-0.4, -0.2) is 39.4 Å². The van der Waals surface area contributed by atoms with Crippen LogP contribution < -0.4 is 5.73 Å². The number of carbonyl (C=O) groups excluding carboxylic acids is 2. The zero-order valence-electron chi connectivity index (χ0n) is 14.3. The molecule has 1 saturated heterocycles. The summed E-state index contributed by atoms with van der Waals surface area (Å²) < 4.78 is 1.81. The van der Waals surface area contributed by atoms with Gasteiger partial charge in [-0.25, -0.2) is 4.52 Å². The number of amides is 2. The Balaban J connectivity index is 1.63. The zero-order valence-corrected chi connectivity index (χ0v) is 14.3. The molecule has 1 fully saturated rings. The third kappa shape index (κ3) is 2.94. The van der Waals surface area contributed by atoms with Crippen molar-refractivity contribution < 1.29 is 9.59 Å². The van der Waals surface area contributed by atoms with E-state index in [-0.39, 0.29) is 17.7 Å². The highest BCUT2D eigenvalue weighted by molar-refractivity contribution is 5.96. The molecular formula is C20H20N4O2. The molecule has 2 aromatic heterocycles. The van der Waals surface area contributed by atoms with Gasteiger partial charge in [0.05, 0.1) is 17.6 Å². The lowest BCUT2D eigenvalue weighted by Gasteiger charge is -2.31. The smallest absolute Gasteiger partial charge is 0.253 e. The Morgan fingerprint density at radius 1 is 1.15 bits per heavy atom. The number of fused-ring (bicyclic) bond motifs is 1. The Kier molecular flexibility index (Phi) is 4.16. The van der Waals surface area contributed by atoms with Gasteiger partial charge in [0, 0.05) is 30.4 Å². The summed E-state index contributed by atoms with van der Waals surface area (Å²) in [7, 11) is 0. The molecule has 0 unspecified atom stereocenters. The van der Waals surface area contributed by atoms with Gasteiger partial charge in [-0.3, -0.25) is 9.59 Å². The lowest BCUT2D eigenvalue weighted by Crippen LogP contribution is -2.44. The first kappa shape index (κ1) is 16.3. The highest BCUT2D eigenvalue weighted by Crippen LogP contribution is 2.26. The number of hydrogen-bond donors (Lipinski definition) is 1. The predicted octanol–water partition coefficient (Wildman–Crippen LogP) is 2.34. The van der Waals surface area contributed by atoms with Gasteiger partial charge in [0.25, 0.3) is 5.91 Å². The predicted molar refractivity (Wildman–Crippen MR) is 98.4 cm³/mol. The van der Waals surface area contributed by atoms with Gasteiger partial charge in [0.2, 0.25) is 5.91 Å². The van der Waals surface area contributed by atoms with E-state index in [2.05, 4.69) is 5.10 Å². The van der Waals surface area contributed by atoms with Gasteiger partial charge in [0.15, 0.2) is 0 Å². The number of benzene rings is 1. The molecule has 1 aliphatic rings. The van der Waals surface area contributed by atoms with Crippen LogP contribution >= 0.6 is 0 Å². The zero-order chi connectivity index (χ0) is 18.1. The fourth-order valence-electron chi connectivity index (χ4n) is 3.55. The van der Waals surface area contributed by atoms with E-state index < -0.39 is 0 Å². The summed E-state index contributed by atoms with van der Waals surface area (Å²) in [4.78, 5) is 26.1. The first-order valence-corrected chi connectivity index (χ1v) is 8.75. The van der Waals surface area contributed by atoms with Gasteiger partial charge in [-0.2, -0.15) is 5.10 Å². The molecule has 3 aromatic rings. The quantitative estimate of drug-likeness (QED) is 0.789. The van der Waals surface area contributed by atoms with E-state index in [1.54, 1.807) is 4.90 Å². The van der Waals surface area contributed by atoms with Crippen LogP contribution in [0.2, 0.25) is 0 Å². The molecule has 26 heavy (non-hydrogen) atoms. The molecule has 6 heteroatoms. The normalized spacial score (nSPS) is 17.4. The standard InChI is InChI=1S/C20H20N4O2/c21-19(25)16-7-4-9-23(13-16)20(26)15-6-3-5-14(11-15)17-12-22-24-10-2-1-8-18(17)24/h1-3,5-6,8,10-12,16H,4,7,9,13H2,(H2,21,25)/t16-/m0/s1. The Bertz CT molecular complexity index is 979. The van der Waals surface area contributed by atoms with Crippen molar-refractivity contribution in [3.05, 3.63) is 60.4 Å². The number of nitrogens with two attached hydrogens (primary N) is 1. The molecule has 4 rings (SSSR count). The highest BCUT2D eigenvalue weighted by atomic mass is 16.2. The number of hydrogen-bond acceptors (Lipinski definition) is 3. The second kappa shape index (κ2) is 6.63. The van der Waals surface area contributed by atoms with Crippen LogP contribution in [0, 0.1) is 5.92 Å². The molecule has 1 aromatic carbocycles. The molecule has 6 nitrogen and oxygen atoms in total. The molecule has 1 aliphatic heterocycles. The second-order valence-corrected chi connectivity index (χ2v) is 6.66.